The van der Waals surface area contributed by atoms with Crippen molar-refractivity contribution in [3.8, 4) is 28.3 Å². The minimum absolute atomic E-state index is 0.661. The van der Waals surface area contributed by atoms with Crippen molar-refractivity contribution in [1.82, 2.24) is 14.5 Å². The summed E-state index contributed by atoms with van der Waals surface area (Å²) in [6.45, 7) is 4.09. The zero-order valence-electron chi connectivity index (χ0n) is 33.2. The minimum Gasteiger partial charge on any atom is -0.308 e. The molecule has 10 aromatic rings. The number of fused-ring (bicyclic) bond motifs is 7. The van der Waals surface area contributed by atoms with Gasteiger partial charge in [-0.2, -0.15) is 0 Å². The first-order valence-electron chi connectivity index (χ1n) is 20.4. The molecule has 0 aliphatic carbocycles. The van der Waals surface area contributed by atoms with Crippen molar-refractivity contribution in [2.45, 2.75) is 9.79 Å². The van der Waals surface area contributed by atoms with Crippen molar-refractivity contribution in [2.24, 2.45) is 0 Å². The van der Waals surface area contributed by atoms with Gasteiger partial charge in [0, 0.05) is 37.9 Å². The number of rotatable bonds is 8. The van der Waals surface area contributed by atoms with Gasteiger partial charge in [0.05, 0.1) is 28.1 Å². The van der Waals surface area contributed by atoms with Crippen molar-refractivity contribution < 1.29 is 0 Å². The predicted molar refractivity (Wildman–Crippen MR) is 257 cm³/mol. The molecule has 0 unspecified atom stereocenters. The summed E-state index contributed by atoms with van der Waals surface area (Å²) in [4.78, 5) is 15.3. The molecule has 1 aliphatic rings. The maximum absolute atomic E-state index is 5.34. The van der Waals surface area contributed by atoms with Crippen LogP contribution in [0.2, 0.25) is 0 Å². The van der Waals surface area contributed by atoms with Crippen LogP contribution in [0.4, 0.5) is 17.1 Å². The molecule has 61 heavy (non-hydrogen) atoms. The molecule has 2 aromatic heterocycles. The molecule has 0 amide bonds. The largest absolute Gasteiger partial charge is 0.308 e. The maximum atomic E-state index is 5.34. The van der Waals surface area contributed by atoms with Gasteiger partial charge in [-0.1, -0.05) is 176 Å². The molecule has 5 heteroatoms. The van der Waals surface area contributed by atoms with Crippen molar-refractivity contribution >= 4 is 73.1 Å². The highest BCUT2D eigenvalue weighted by Crippen LogP contribution is 2.52. The number of benzene rings is 8. The molecule has 0 saturated heterocycles. The first-order valence-corrected chi connectivity index (χ1v) is 21.3. The molecule has 1 aliphatic heterocycles. The normalized spacial score (nSPS) is 12.6. The van der Waals surface area contributed by atoms with Crippen LogP contribution in [0.5, 0.6) is 0 Å². The van der Waals surface area contributed by atoms with Crippen LogP contribution >= 0.6 is 11.8 Å². The van der Waals surface area contributed by atoms with E-state index < -0.39 is 0 Å². The first-order chi connectivity index (χ1) is 30.2. The summed E-state index contributed by atoms with van der Waals surface area (Å²) >= 11 is 1.83. The Kier molecular flexibility index (Phi) is 9.21. The van der Waals surface area contributed by atoms with Crippen LogP contribution in [0.15, 0.2) is 229 Å². The molecule has 0 saturated carbocycles. The number of nitrogens with zero attached hydrogens (tertiary/aromatic N) is 4. The van der Waals surface area contributed by atoms with Gasteiger partial charge in [-0.05, 0) is 87.6 Å². The fraction of sp³-hybridized carbons (Fsp3) is 0. The average molecular weight is 799 g/mol. The fourth-order valence-electron chi connectivity index (χ4n) is 8.54. The Hall–Kier alpha value is -7.73. The molecule has 3 heterocycles. The molecule has 0 N–H and O–H groups in total. The number of aromatic nitrogens is 3. The Morgan fingerprint density at radius 1 is 0.541 bits per heavy atom. The monoisotopic (exact) mass is 798 g/mol. The van der Waals surface area contributed by atoms with E-state index in [0.717, 1.165) is 56.1 Å². The second-order valence-corrected chi connectivity index (χ2v) is 16.1. The van der Waals surface area contributed by atoms with Crippen molar-refractivity contribution in [1.29, 1.82) is 0 Å². The zero-order chi connectivity index (χ0) is 40.7. The highest BCUT2D eigenvalue weighted by atomic mass is 32.2. The molecule has 288 valence electrons. The van der Waals surface area contributed by atoms with Gasteiger partial charge in [0.25, 0.3) is 0 Å². The lowest BCUT2D eigenvalue weighted by Crippen LogP contribution is -2.14. The van der Waals surface area contributed by atoms with E-state index in [4.69, 9.17) is 9.97 Å². The third-order valence-corrected chi connectivity index (χ3v) is 12.5. The first kappa shape index (κ1) is 36.4. The third kappa shape index (κ3) is 6.62. The molecule has 0 spiro atoms. The summed E-state index contributed by atoms with van der Waals surface area (Å²) in [6.07, 6.45) is 8.08. The van der Waals surface area contributed by atoms with Crippen LogP contribution in [0.1, 0.15) is 11.3 Å². The fourth-order valence-corrected chi connectivity index (χ4v) is 9.57. The number of hydrogen-bond acceptors (Lipinski definition) is 4. The average Bonchev–Trinajstić information content (AvgIpc) is 3.67. The second kappa shape index (κ2) is 15.5. The Labute approximate surface area is 359 Å². The molecular formula is C56H38N4S. The molecule has 4 nitrogen and oxygen atoms in total. The third-order valence-electron chi connectivity index (χ3n) is 11.4. The molecule has 8 aromatic carbocycles. The van der Waals surface area contributed by atoms with Gasteiger partial charge in [0.15, 0.2) is 5.82 Å². The molecule has 11 rings (SSSR count). The van der Waals surface area contributed by atoms with Crippen LogP contribution in [0.3, 0.4) is 0 Å². The molecule has 0 bridgehead atoms. The van der Waals surface area contributed by atoms with E-state index in [9.17, 15) is 0 Å². The van der Waals surface area contributed by atoms with E-state index in [-0.39, 0.29) is 0 Å². The van der Waals surface area contributed by atoms with E-state index in [0.29, 0.717) is 5.82 Å². The Morgan fingerprint density at radius 3 is 2.08 bits per heavy atom. The van der Waals surface area contributed by atoms with Gasteiger partial charge in [-0.15, -0.1) is 0 Å². The molecule has 0 fully saturated rings. The lowest BCUT2D eigenvalue weighted by Gasteiger charge is -2.33. The Morgan fingerprint density at radius 2 is 1.25 bits per heavy atom. The molecular weight excluding hydrogens is 761 g/mol. The van der Waals surface area contributed by atoms with Gasteiger partial charge in [0.2, 0.25) is 0 Å². The Balaban J connectivity index is 1.11. The van der Waals surface area contributed by atoms with E-state index in [1.54, 1.807) is 0 Å². The quantitative estimate of drug-likeness (QED) is 0.143. The highest BCUT2D eigenvalue weighted by molar-refractivity contribution is 7.99. The number of para-hydroxylation sites is 2. The van der Waals surface area contributed by atoms with Crippen LogP contribution < -0.4 is 4.90 Å². The van der Waals surface area contributed by atoms with Crippen molar-refractivity contribution in [3.05, 3.63) is 230 Å². The zero-order valence-corrected chi connectivity index (χ0v) is 34.0. The van der Waals surface area contributed by atoms with E-state index in [2.05, 4.69) is 186 Å². The number of allylic oxidation sites excluding steroid dienone is 4. The van der Waals surface area contributed by atoms with E-state index in [1.165, 1.54) is 42.7 Å². The number of anilines is 3. The number of hydrogen-bond donors (Lipinski definition) is 0. The smallest absolute Gasteiger partial charge is 0.162 e. The summed E-state index contributed by atoms with van der Waals surface area (Å²) in [5, 5.41) is 4.78. The van der Waals surface area contributed by atoms with Gasteiger partial charge in [0.1, 0.15) is 5.82 Å². The summed E-state index contributed by atoms with van der Waals surface area (Å²) < 4.78 is 2.32. The predicted octanol–water partition coefficient (Wildman–Crippen LogP) is 15.3. The van der Waals surface area contributed by atoms with Crippen molar-refractivity contribution in [2.75, 3.05) is 4.90 Å². The van der Waals surface area contributed by atoms with Crippen LogP contribution in [0, 0.1) is 0 Å². The second-order valence-electron chi connectivity index (χ2n) is 15.1. The van der Waals surface area contributed by atoms with Gasteiger partial charge in [-0.25, -0.2) is 9.97 Å². The lowest BCUT2D eigenvalue weighted by atomic mass is 10.0. The van der Waals surface area contributed by atoms with Crippen LogP contribution in [-0.4, -0.2) is 14.5 Å². The Bertz CT molecular complexity index is 3350. The highest BCUT2D eigenvalue weighted by Gasteiger charge is 2.25. The van der Waals surface area contributed by atoms with Gasteiger partial charge < -0.3 is 4.90 Å². The van der Waals surface area contributed by atoms with E-state index >= 15 is 0 Å². The van der Waals surface area contributed by atoms with Crippen LogP contribution in [0.25, 0.3) is 72.6 Å². The molecule has 0 radical (unpaired) electrons. The van der Waals surface area contributed by atoms with Gasteiger partial charge in [-0.3, -0.25) is 4.57 Å². The standard InChI is InChI=1S/C56H38N4S/c1-2-38(39-17-6-3-7-18-39)22-16-23-44-37-54(58-56(57-44)41-20-8-4-9-21-41)60-49-33-30-40-19-12-13-26-46(40)55(49)47-32-29-42(35-50(47)60)43-31-34-53-51(36-43)59(45-24-10-5-11-25-45)48-27-14-15-28-52(48)61-53/h2-37H,1H2/b23-16+,38-22+. The van der Waals surface area contributed by atoms with Crippen LogP contribution in [-0.2, 0) is 0 Å². The maximum Gasteiger partial charge on any atom is 0.162 e. The summed E-state index contributed by atoms with van der Waals surface area (Å²) in [6, 6.07) is 68.8. The summed E-state index contributed by atoms with van der Waals surface area (Å²) in [5.74, 6) is 1.46. The topological polar surface area (TPSA) is 34.0 Å². The minimum atomic E-state index is 0.661. The van der Waals surface area contributed by atoms with Gasteiger partial charge >= 0.3 is 0 Å². The SMILES string of the molecule is C=C/C(=C\C=C\c1cc(-n2c3cc(-c4ccc5c(c4)N(c4ccccc4)c4ccccc4S5)ccc3c3c4ccccc4ccc32)nc(-c2ccccc2)n1)c1ccccc1. The molecule has 0 atom stereocenters. The van der Waals surface area contributed by atoms with Crippen molar-refractivity contribution in [3.63, 3.8) is 0 Å². The summed E-state index contributed by atoms with van der Waals surface area (Å²) in [7, 11) is 0. The van der Waals surface area contributed by atoms with E-state index in [1.807, 2.05) is 60.3 Å². The lowest BCUT2D eigenvalue weighted by molar-refractivity contribution is 1.04. The summed E-state index contributed by atoms with van der Waals surface area (Å²) in [5.41, 5.74) is 11.8.